The molecule has 0 amide bonds. The summed E-state index contributed by atoms with van der Waals surface area (Å²) in [5, 5.41) is 0.232. The molecule has 1 atom stereocenters. The zero-order valence-electron chi connectivity index (χ0n) is 16.9. The first kappa shape index (κ1) is 21.8. The molecule has 25 heavy (non-hydrogen) atoms. The minimum atomic E-state index is -1.71. The molecule has 0 aliphatic carbocycles. The van der Waals surface area contributed by atoms with Crippen molar-refractivity contribution in [2.75, 3.05) is 13.7 Å². The molecule has 140 valence electrons. The first-order valence-electron chi connectivity index (χ1n) is 8.97. The number of hydrogen-bond acceptors (Lipinski definition) is 3. The lowest BCUT2D eigenvalue weighted by molar-refractivity contribution is 0.0286. The Morgan fingerprint density at radius 2 is 1.76 bits per heavy atom. The predicted molar refractivity (Wildman–Crippen MR) is 107 cm³/mol. The summed E-state index contributed by atoms with van der Waals surface area (Å²) >= 11 is 0. The van der Waals surface area contributed by atoms with E-state index < -0.39 is 8.32 Å². The van der Waals surface area contributed by atoms with Crippen LogP contribution in [0.5, 0.6) is 5.75 Å². The first-order valence-corrected chi connectivity index (χ1v) is 11.9. The Bertz CT molecular complexity index is 562. The van der Waals surface area contributed by atoms with E-state index in [0.29, 0.717) is 6.61 Å². The Morgan fingerprint density at radius 3 is 2.28 bits per heavy atom. The van der Waals surface area contributed by atoms with Crippen LogP contribution in [0.4, 0.5) is 0 Å². The van der Waals surface area contributed by atoms with Gasteiger partial charge in [-0.15, -0.1) is 11.8 Å². The van der Waals surface area contributed by atoms with Crippen molar-refractivity contribution in [3.05, 3.63) is 29.8 Å². The van der Waals surface area contributed by atoms with Crippen LogP contribution in [0.15, 0.2) is 24.3 Å². The summed E-state index contributed by atoms with van der Waals surface area (Å²) in [4.78, 5) is 0. The normalized spacial score (nSPS) is 13.1. The Labute approximate surface area is 155 Å². The zero-order chi connectivity index (χ0) is 18.9. The van der Waals surface area contributed by atoms with Crippen molar-refractivity contribution in [1.29, 1.82) is 0 Å². The van der Waals surface area contributed by atoms with Crippen LogP contribution >= 0.6 is 0 Å². The van der Waals surface area contributed by atoms with Crippen molar-refractivity contribution in [3.63, 3.8) is 0 Å². The van der Waals surface area contributed by atoms with Gasteiger partial charge in [0.2, 0.25) is 0 Å². The molecule has 0 aliphatic rings. The highest BCUT2D eigenvalue weighted by Crippen LogP contribution is 2.36. The highest BCUT2D eigenvalue weighted by atomic mass is 28.4. The number of rotatable bonds is 9. The summed E-state index contributed by atoms with van der Waals surface area (Å²) in [6.07, 6.45) is 1.71. The molecule has 0 fully saturated rings. The molecule has 0 spiro atoms. The summed E-state index contributed by atoms with van der Waals surface area (Å²) < 4.78 is 17.6. The van der Waals surface area contributed by atoms with E-state index in [1.54, 1.807) is 7.11 Å². The molecule has 3 nitrogen and oxygen atoms in total. The van der Waals surface area contributed by atoms with Crippen molar-refractivity contribution in [1.82, 2.24) is 0 Å². The third-order valence-corrected chi connectivity index (χ3v) is 9.40. The molecule has 1 aromatic carbocycles. The second-order valence-corrected chi connectivity index (χ2v) is 12.6. The average molecular weight is 363 g/mol. The van der Waals surface area contributed by atoms with Gasteiger partial charge in [-0.1, -0.05) is 32.9 Å². The van der Waals surface area contributed by atoms with Crippen molar-refractivity contribution < 1.29 is 13.9 Å². The molecule has 1 rings (SSSR count). The van der Waals surface area contributed by atoms with Crippen LogP contribution in [-0.2, 0) is 15.8 Å². The molecular formula is C21H34O3Si. The number of ether oxygens (including phenoxy) is 2. The topological polar surface area (TPSA) is 27.7 Å². The molecule has 0 aliphatic heterocycles. The maximum atomic E-state index is 6.28. The van der Waals surface area contributed by atoms with Crippen LogP contribution in [0.25, 0.3) is 0 Å². The van der Waals surface area contributed by atoms with E-state index in [1.807, 2.05) is 31.2 Å². The summed E-state index contributed by atoms with van der Waals surface area (Å²) in [6, 6.07) is 7.99. The monoisotopic (exact) mass is 362 g/mol. The van der Waals surface area contributed by atoms with Crippen LogP contribution < -0.4 is 4.74 Å². The Hall–Kier alpha value is -1.28. The largest absolute Gasteiger partial charge is 0.497 e. The summed E-state index contributed by atoms with van der Waals surface area (Å²) in [5.74, 6) is 6.97. The SMILES string of the molecule is CC#CCC(CCO[Si](C)(C)C(C)(C)C)OCc1ccc(OC)cc1. The molecule has 1 aromatic rings. The maximum Gasteiger partial charge on any atom is 0.191 e. The van der Waals surface area contributed by atoms with E-state index in [4.69, 9.17) is 13.9 Å². The van der Waals surface area contributed by atoms with E-state index in [2.05, 4.69) is 45.7 Å². The van der Waals surface area contributed by atoms with Gasteiger partial charge in [0, 0.05) is 13.0 Å². The third-order valence-electron chi connectivity index (χ3n) is 4.86. The zero-order valence-corrected chi connectivity index (χ0v) is 17.9. The molecule has 0 saturated carbocycles. The average Bonchev–Trinajstić information content (AvgIpc) is 2.56. The lowest BCUT2D eigenvalue weighted by Crippen LogP contribution is -2.41. The van der Waals surface area contributed by atoms with Crippen molar-refractivity contribution >= 4 is 8.32 Å². The van der Waals surface area contributed by atoms with E-state index in [0.717, 1.165) is 30.8 Å². The minimum absolute atomic E-state index is 0.0966. The fourth-order valence-corrected chi connectivity index (χ4v) is 3.12. The van der Waals surface area contributed by atoms with Crippen LogP contribution in [-0.4, -0.2) is 28.1 Å². The van der Waals surface area contributed by atoms with Crippen molar-refractivity contribution in [2.45, 2.75) is 71.4 Å². The quantitative estimate of drug-likeness (QED) is 0.434. The minimum Gasteiger partial charge on any atom is -0.497 e. The van der Waals surface area contributed by atoms with E-state index >= 15 is 0 Å². The van der Waals surface area contributed by atoms with Gasteiger partial charge in [0.05, 0.1) is 19.8 Å². The number of methoxy groups -OCH3 is 1. The highest BCUT2D eigenvalue weighted by molar-refractivity contribution is 6.74. The van der Waals surface area contributed by atoms with Gasteiger partial charge in [0.25, 0.3) is 0 Å². The molecule has 4 heteroatoms. The number of hydrogen-bond donors (Lipinski definition) is 0. The van der Waals surface area contributed by atoms with E-state index in [-0.39, 0.29) is 11.1 Å². The van der Waals surface area contributed by atoms with Gasteiger partial charge in [-0.05, 0) is 49.2 Å². The lowest BCUT2D eigenvalue weighted by atomic mass is 10.2. The third kappa shape index (κ3) is 7.64. The van der Waals surface area contributed by atoms with Gasteiger partial charge < -0.3 is 13.9 Å². The highest BCUT2D eigenvalue weighted by Gasteiger charge is 2.37. The Balaban J connectivity index is 2.54. The second kappa shape index (κ2) is 10.0. The van der Waals surface area contributed by atoms with Gasteiger partial charge in [0.15, 0.2) is 8.32 Å². The molecule has 0 bridgehead atoms. The van der Waals surface area contributed by atoms with Gasteiger partial charge in [-0.25, -0.2) is 0 Å². The molecule has 0 N–H and O–H groups in total. The molecule has 0 radical (unpaired) electrons. The van der Waals surface area contributed by atoms with Crippen LogP contribution in [0.2, 0.25) is 18.1 Å². The summed E-state index contributed by atoms with van der Waals surface area (Å²) in [7, 11) is -0.0320. The standard InChI is InChI=1S/C21H34O3Si/c1-8-9-10-20(15-16-24-25(6,7)21(2,3)4)23-17-18-11-13-19(22-5)14-12-18/h11-14,20H,10,15-17H2,1-7H3. The van der Waals surface area contributed by atoms with Gasteiger partial charge in [-0.2, -0.15) is 0 Å². The van der Waals surface area contributed by atoms with E-state index in [9.17, 15) is 0 Å². The van der Waals surface area contributed by atoms with Crippen LogP contribution in [0, 0.1) is 11.8 Å². The first-order chi connectivity index (χ1) is 11.7. The summed E-state index contributed by atoms with van der Waals surface area (Å²) in [6.45, 7) is 14.5. The molecule has 0 saturated heterocycles. The smallest absolute Gasteiger partial charge is 0.191 e. The molecule has 1 unspecified atom stereocenters. The lowest BCUT2D eigenvalue weighted by Gasteiger charge is -2.36. The van der Waals surface area contributed by atoms with Crippen LogP contribution in [0.1, 0.15) is 46.1 Å². The van der Waals surface area contributed by atoms with Crippen LogP contribution in [0.3, 0.4) is 0 Å². The Kier molecular flexibility index (Phi) is 8.71. The van der Waals surface area contributed by atoms with E-state index in [1.165, 1.54) is 0 Å². The fourth-order valence-electron chi connectivity index (χ4n) is 2.06. The molecule has 0 heterocycles. The Morgan fingerprint density at radius 1 is 1.12 bits per heavy atom. The van der Waals surface area contributed by atoms with Crippen molar-refractivity contribution in [2.24, 2.45) is 0 Å². The fraction of sp³-hybridized carbons (Fsp3) is 0.619. The predicted octanol–water partition coefficient (Wildman–Crippen LogP) is 5.41. The number of benzene rings is 1. The second-order valence-electron chi connectivity index (χ2n) is 7.81. The van der Waals surface area contributed by atoms with Gasteiger partial charge in [-0.3, -0.25) is 0 Å². The molecular weight excluding hydrogens is 328 g/mol. The van der Waals surface area contributed by atoms with Gasteiger partial charge >= 0.3 is 0 Å². The molecule has 0 aromatic heterocycles. The van der Waals surface area contributed by atoms with Crippen molar-refractivity contribution in [3.8, 4) is 17.6 Å². The summed E-state index contributed by atoms with van der Waals surface area (Å²) in [5.41, 5.74) is 1.14. The maximum absolute atomic E-state index is 6.28. The van der Waals surface area contributed by atoms with Gasteiger partial charge in [0.1, 0.15) is 5.75 Å².